The maximum atomic E-state index is 12.3. The van der Waals surface area contributed by atoms with Gasteiger partial charge in [0.15, 0.2) is 0 Å². The summed E-state index contributed by atoms with van der Waals surface area (Å²) < 4.78 is 5.25. The molecule has 1 aliphatic rings. The van der Waals surface area contributed by atoms with Crippen molar-refractivity contribution >= 4 is 36.6 Å². The number of rotatable bonds is 9. The van der Waals surface area contributed by atoms with Gasteiger partial charge in [0.05, 0.1) is 25.7 Å². The molecule has 1 fully saturated rings. The van der Waals surface area contributed by atoms with Gasteiger partial charge in [0.25, 0.3) is 0 Å². The van der Waals surface area contributed by atoms with Crippen LogP contribution in [0, 0.1) is 5.92 Å². The number of nitrogens with zero attached hydrogens (tertiary/aromatic N) is 1. The van der Waals surface area contributed by atoms with Crippen LogP contribution in [0.15, 0.2) is 24.3 Å². The van der Waals surface area contributed by atoms with Crippen molar-refractivity contribution in [2.24, 2.45) is 11.7 Å². The van der Waals surface area contributed by atoms with Crippen LogP contribution in [-0.4, -0.2) is 56.0 Å². The molecule has 1 saturated heterocycles. The number of benzene rings is 1. The number of carbonyl (C=O) groups is 2. The highest BCUT2D eigenvalue weighted by molar-refractivity contribution is 5.87. The van der Waals surface area contributed by atoms with Crippen molar-refractivity contribution < 1.29 is 14.3 Å². The van der Waals surface area contributed by atoms with Crippen LogP contribution in [0.25, 0.3) is 0 Å². The van der Waals surface area contributed by atoms with Gasteiger partial charge in [0, 0.05) is 6.54 Å². The average molecular weight is 463 g/mol. The molecule has 0 aliphatic carbocycles. The number of ether oxygens (including phenoxy) is 1. The van der Waals surface area contributed by atoms with E-state index >= 15 is 0 Å². The molecule has 1 aromatic carbocycles. The third-order valence-electron chi connectivity index (χ3n) is 5.27. The van der Waals surface area contributed by atoms with Crippen molar-refractivity contribution in [2.75, 3.05) is 33.3 Å². The number of amides is 2. The summed E-state index contributed by atoms with van der Waals surface area (Å²) in [5.41, 5.74) is 6.95. The van der Waals surface area contributed by atoms with Crippen LogP contribution >= 0.6 is 24.8 Å². The van der Waals surface area contributed by atoms with Gasteiger partial charge in [-0.05, 0) is 49.5 Å². The molecule has 30 heavy (non-hydrogen) atoms. The van der Waals surface area contributed by atoms with Gasteiger partial charge >= 0.3 is 0 Å². The summed E-state index contributed by atoms with van der Waals surface area (Å²) in [6.07, 6.45) is 3.59. The molecule has 4 N–H and O–H groups in total. The molecule has 1 aromatic rings. The Morgan fingerprint density at radius 2 is 1.67 bits per heavy atom. The molecule has 2 atom stereocenters. The largest absolute Gasteiger partial charge is 0.497 e. The number of hydrogen-bond acceptors (Lipinski definition) is 5. The molecule has 0 bridgehead atoms. The van der Waals surface area contributed by atoms with Crippen molar-refractivity contribution in [1.82, 2.24) is 15.5 Å². The number of nitrogens with one attached hydrogen (secondary N) is 2. The molecule has 0 spiro atoms. The SMILES string of the molecule is COc1ccc(C(CNC(=O)CNC(=O)[C@@H](N)C(C)C)N2CCCCC2)cc1.Cl.Cl. The zero-order valence-electron chi connectivity index (χ0n) is 18.1. The first-order valence-electron chi connectivity index (χ1n) is 10.1. The molecule has 0 radical (unpaired) electrons. The summed E-state index contributed by atoms with van der Waals surface area (Å²) in [5, 5.41) is 5.58. The van der Waals surface area contributed by atoms with E-state index in [9.17, 15) is 9.59 Å². The number of halogens is 2. The van der Waals surface area contributed by atoms with Gasteiger partial charge in [0.2, 0.25) is 11.8 Å². The minimum Gasteiger partial charge on any atom is -0.497 e. The van der Waals surface area contributed by atoms with E-state index in [4.69, 9.17) is 10.5 Å². The van der Waals surface area contributed by atoms with Crippen molar-refractivity contribution in [3.05, 3.63) is 29.8 Å². The van der Waals surface area contributed by atoms with Crippen LogP contribution in [0.2, 0.25) is 0 Å². The minimum absolute atomic E-state index is 0. The van der Waals surface area contributed by atoms with Crippen LogP contribution in [0.5, 0.6) is 5.75 Å². The Morgan fingerprint density at radius 1 is 1.07 bits per heavy atom. The topological polar surface area (TPSA) is 96.7 Å². The Hall–Kier alpha value is -1.54. The van der Waals surface area contributed by atoms with Gasteiger partial charge < -0.3 is 21.1 Å². The van der Waals surface area contributed by atoms with Crippen LogP contribution < -0.4 is 21.1 Å². The number of hydrogen-bond donors (Lipinski definition) is 3. The highest BCUT2D eigenvalue weighted by Crippen LogP contribution is 2.25. The molecular weight excluding hydrogens is 427 g/mol. The van der Waals surface area contributed by atoms with E-state index in [2.05, 4.69) is 15.5 Å². The Bertz CT molecular complexity index is 638. The van der Waals surface area contributed by atoms with E-state index in [-0.39, 0.29) is 55.1 Å². The fourth-order valence-corrected chi connectivity index (χ4v) is 3.37. The van der Waals surface area contributed by atoms with Crippen molar-refractivity contribution in [1.29, 1.82) is 0 Å². The first kappa shape index (κ1) is 28.5. The normalized spacial score (nSPS) is 15.9. The zero-order chi connectivity index (χ0) is 20.5. The predicted octanol–water partition coefficient (Wildman–Crippen LogP) is 2.28. The fourth-order valence-electron chi connectivity index (χ4n) is 3.37. The smallest absolute Gasteiger partial charge is 0.239 e. The number of carbonyl (C=O) groups excluding carboxylic acids is 2. The van der Waals surface area contributed by atoms with Crippen molar-refractivity contribution in [2.45, 2.75) is 45.2 Å². The lowest BCUT2D eigenvalue weighted by Gasteiger charge is -2.35. The number of likely N-dealkylation sites (tertiary alicyclic amines) is 1. The van der Waals surface area contributed by atoms with Crippen molar-refractivity contribution in [3.8, 4) is 5.75 Å². The highest BCUT2D eigenvalue weighted by atomic mass is 35.5. The second-order valence-electron chi connectivity index (χ2n) is 7.68. The van der Waals surface area contributed by atoms with E-state index in [0.29, 0.717) is 6.54 Å². The summed E-state index contributed by atoms with van der Waals surface area (Å²) in [5.74, 6) is 0.337. The molecule has 1 aliphatic heterocycles. The second kappa shape index (κ2) is 14.5. The summed E-state index contributed by atoms with van der Waals surface area (Å²) in [6.45, 7) is 6.23. The molecule has 2 rings (SSSR count). The number of nitrogens with two attached hydrogens (primary N) is 1. The molecule has 0 aromatic heterocycles. The standard InChI is InChI=1S/C21H34N4O3.2ClH/c1-15(2)20(22)21(27)24-14-19(26)23-13-18(25-11-5-4-6-12-25)16-7-9-17(28-3)10-8-16;;/h7-10,15,18,20H,4-6,11-14,22H2,1-3H3,(H,23,26)(H,24,27);2*1H/t18?,20-;;/m0../s1. The summed E-state index contributed by atoms with van der Waals surface area (Å²) >= 11 is 0. The van der Waals surface area contributed by atoms with Crippen LogP contribution in [0.3, 0.4) is 0 Å². The first-order valence-corrected chi connectivity index (χ1v) is 10.1. The first-order chi connectivity index (χ1) is 13.4. The number of piperidine rings is 1. The summed E-state index contributed by atoms with van der Waals surface area (Å²) in [4.78, 5) is 26.6. The molecule has 1 heterocycles. The average Bonchev–Trinajstić information content (AvgIpc) is 2.72. The fraction of sp³-hybridized carbons (Fsp3) is 0.619. The molecule has 172 valence electrons. The number of methoxy groups -OCH3 is 1. The Labute approximate surface area is 192 Å². The molecular formula is C21H36Cl2N4O3. The van der Waals surface area contributed by atoms with Gasteiger partial charge in [-0.2, -0.15) is 0 Å². The van der Waals surface area contributed by atoms with E-state index in [1.807, 2.05) is 38.1 Å². The van der Waals surface area contributed by atoms with Gasteiger partial charge in [0.1, 0.15) is 5.75 Å². The van der Waals surface area contributed by atoms with Crippen molar-refractivity contribution in [3.63, 3.8) is 0 Å². The van der Waals surface area contributed by atoms with E-state index in [1.54, 1.807) is 7.11 Å². The maximum absolute atomic E-state index is 12.3. The van der Waals surface area contributed by atoms with E-state index < -0.39 is 6.04 Å². The molecule has 0 saturated carbocycles. The maximum Gasteiger partial charge on any atom is 0.239 e. The Kier molecular flexibility index (Phi) is 13.7. The van der Waals surface area contributed by atoms with Gasteiger partial charge in [-0.15, -0.1) is 24.8 Å². The summed E-state index contributed by atoms with van der Waals surface area (Å²) in [7, 11) is 1.65. The molecule has 7 nitrogen and oxygen atoms in total. The lowest BCUT2D eigenvalue weighted by atomic mass is 10.0. The third-order valence-corrected chi connectivity index (χ3v) is 5.27. The second-order valence-corrected chi connectivity index (χ2v) is 7.68. The van der Waals surface area contributed by atoms with Gasteiger partial charge in [-0.3, -0.25) is 14.5 Å². The monoisotopic (exact) mass is 462 g/mol. The third kappa shape index (κ3) is 8.68. The minimum atomic E-state index is -0.604. The Morgan fingerprint density at radius 3 is 2.20 bits per heavy atom. The Balaban J connectivity index is 0.00000420. The highest BCUT2D eigenvalue weighted by Gasteiger charge is 2.23. The predicted molar refractivity (Wildman–Crippen MR) is 124 cm³/mol. The van der Waals surface area contributed by atoms with E-state index in [0.717, 1.165) is 24.4 Å². The molecule has 9 heteroatoms. The summed E-state index contributed by atoms with van der Waals surface area (Å²) in [6, 6.07) is 7.49. The lowest BCUT2D eigenvalue weighted by Crippen LogP contribution is -2.48. The van der Waals surface area contributed by atoms with Gasteiger partial charge in [-0.1, -0.05) is 32.4 Å². The zero-order valence-corrected chi connectivity index (χ0v) is 19.7. The quantitative estimate of drug-likeness (QED) is 0.522. The van der Waals surface area contributed by atoms with Crippen LogP contribution in [0.1, 0.15) is 44.7 Å². The van der Waals surface area contributed by atoms with Crippen LogP contribution in [-0.2, 0) is 9.59 Å². The molecule has 2 amide bonds. The van der Waals surface area contributed by atoms with Crippen LogP contribution in [0.4, 0.5) is 0 Å². The molecule has 1 unspecified atom stereocenters. The van der Waals surface area contributed by atoms with E-state index in [1.165, 1.54) is 19.3 Å². The van der Waals surface area contributed by atoms with Gasteiger partial charge in [-0.25, -0.2) is 0 Å². The lowest BCUT2D eigenvalue weighted by molar-refractivity contribution is -0.127.